The van der Waals surface area contributed by atoms with Crippen LogP contribution in [-0.4, -0.2) is 21.5 Å². The Morgan fingerprint density at radius 3 is 2.81 bits per heavy atom. The Labute approximate surface area is 95.3 Å². The number of aromatic nitrogens is 3. The molecule has 0 radical (unpaired) electrons. The molecule has 0 unspecified atom stereocenters. The number of hydrogen-bond acceptors (Lipinski definition) is 3. The minimum Gasteiger partial charge on any atom is -0.313 e. The molecule has 2 aromatic rings. The minimum atomic E-state index is 0.918. The zero-order valence-electron chi connectivity index (χ0n) is 9.21. The summed E-state index contributed by atoms with van der Waals surface area (Å²) in [6.07, 6.45) is 4.66. The number of nitrogens with zero attached hydrogens (tertiary/aromatic N) is 3. The molecule has 1 aromatic carbocycles. The predicted octanol–water partition coefficient (Wildman–Crippen LogP) is 1.46. The Kier molecular flexibility index (Phi) is 4.08. The molecule has 84 valence electrons. The molecule has 1 heterocycles. The van der Waals surface area contributed by atoms with Crippen LogP contribution in [0.5, 0.6) is 0 Å². The van der Waals surface area contributed by atoms with E-state index < -0.39 is 0 Å². The van der Waals surface area contributed by atoms with Gasteiger partial charge in [-0.25, -0.2) is 0 Å². The van der Waals surface area contributed by atoms with Gasteiger partial charge in [-0.05, 0) is 18.5 Å². The summed E-state index contributed by atoms with van der Waals surface area (Å²) < 4.78 is 1.85. The molecule has 0 saturated heterocycles. The van der Waals surface area contributed by atoms with Crippen LogP contribution < -0.4 is 5.32 Å². The summed E-state index contributed by atoms with van der Waals surface area (Å²) >= 11 is 0. The second kappa shape index (κ2) is 6.02. The smallest absolute Gasteiger partial charge is 0.0692 e. The molecule has 16 heavy (non-hydrogen) atoms. The number of aryl methyl sites for hydroxylation is 1. The zero-order valence-corrected chi connectivity index (χ0v) is 9.21. The first-order chi connectivity index (χ1) is 7.95. The van der Waals surface area contributed by atoms with Crippen molar-refractivity contribution < 1.29 is 0 Å². The fraction of sp³-hybridized carbons (Fsp3) is 0.333. The van der Waals surface area contributed by atoms with Crippen molar-refractivity contribution in [1.29, 1.82) is 0 Å². The van der Waals surface area contributed by atoms with Crippen LogP contribution in [0.15, 0.2) is 42.7 Å². The van der Waals surface area contributed by atoms with Gasteiger partial charge < -0.3 is 5.32 Å². The van der Waals surface area contributed by atoms with Crippen LogP contribution in [0, 0.1) is 0 Å². The van der Waals surface area contributed by atoms with Gasteiger partial charge in [0.15, 0.2) is 0 Å². The lowest BCUT2D eigenvalue weighted by Crippen LogP contribution is -2.16. The van der Waals surface area contributed by atoms with Crippen LogP contribution in [0.1, 0.15) is 12.0 Å². The molecule has 0 fully saturated rings. The Morgan fingerprint density at radius 2 is 2.06 bits per heavy atom. The molecular formula is C12H16N4. The molecule has 0 saturated carbocycles. The monoisotopic (exact) mass is 216 g/mol. The molecule has 0 amide bonds. The normalized spacial score (nSPS) is 10.5. The Balaban J connectivity index is 1.59. The van der Waals surface area contributed by atoms with Gasteiger partial charge in [0.1, 0.15) is 0 Å². The van der Waals surface area contributed by atoms with Gasteiger partial charge in [0.05, 0.1) is 6.20 Å². The summed E-state index contributed by atoms with van der Waals surface area (Å²) in [4.78, 5) is 0. The Morgan fingerprint density at radius 1 is 1.19 bits per heavy atom. The van der Waals surface area contributed by atoms with E-state index in [1.54, 1.807) is 6.20 Å². The van der Waals surface area contributed by atoms with Crippen molar-refractivity contribution in [3.63, 3.8) is 0 Å². The molecule has 4 nitrogen and oxygen atoms in total. The van der Waals surface area contributed by atoms with Crippen LogP contribution in [0.25, 0.3) is 0 Å². The second-order valence-electron chi connectivity index (χ2n) is 3.68. The highest BCUT2D eigenvalue weighted by Gasteiger charge is 1.93. The van der Waals surface area contributed by atoms with Gasteiger partial charge in [-0.1, -0.05) is 35.5 Å². The largest absolute Gasteiger partial charge is 0.313 e. The van der Waals surface area contributed by atoms with E-state index in [0.717, 1.165) is 26.1 Å². The Hall–Kier alpha value is -1.68. The highest BCUT2D eigenvalue weighted by atomic mass is 15.4. The summed E-state index contributed by atoms with van der Waals surface area (Å²) in [5.74, 6) is 0. The maximum Gasteiger partial charge on any atom is 0.0692 e. The van der Waals surface area contributed by atoms with Gasteiger partial charge in [-0.2, -0.15) is 0 Å². The van der Waals surface area contributed by atoms with Crippen LogP contribution in [0.2, 0.25) is 0 Å². The SMILES string of the molecule is c1ccc(CNCCCn2ccnn2)cc1. The van der Waals surface area contributed by atoms with Gasteiger partial charge in [0.25, 0.3) is 0 Å². The average Bonchev–Trinajstić information content (AvgIpc) is 2.83. The van der Waals surface area contributed by atoms with E-state index in [1.807, 2.05) is 16.9 Å². The maximum absolute atomic E-state index is 3.91. The number of rotatable bonds is 6. The van der Waals surface area contributed by atoms with E-state index in [-0.39, 0.29) is 0 Å². The molecule has 0 bridgehead atoms. The predicted molar refractivity (Wildman–Crippen MR) is 62.8 cm³/mol. The summed E-state index contributed by atoms with van der Waals surface area (Å²) in [5, 5.41) is 11.1. The summed E-state index contributed by atoms with van der Waals surface area (Å²) in [5.41, 5.74) is 1.32. The van der Waals surface area contributed by atoms with Crippen molar-refractivity contribution in [2.45, 2.75) is 19.5 Å². The lowest BCUT2D eigenvalue weighted by molar-refractivity contribution is 0.530. The first kappa shape index (κ1) is 10.8. The van der Waals surface area contributed by atoms with Gasteiger partial charge >= 0.3 is 0 Å². The molecule has 1 aromatic heterocycles. The number of hydrogen-bond donors (Lipinski definition) is 1. The van der Waals surface area contributed by atoms with Gasteiger partial charge in [0, 0.05) is 19.3 Å². The third-order valence-corrected chi connectivity index (χ3v) is 2.38. The molecular weight excluding hydrogens is 200 g/mol. The molecule has 0 aliphatic rings. The molecule has 1 N–H and O–H groups in total. The second-order valence-corrected chi connectivity index (χ2v) is 3.68. The van der Waals surface area contributed by atoms with Crippen LogP contribution in [-0.2, 0) is 13.1 Å². The van der Waals surface area contributed by atoms with E-state index >= 15 is 0 Å². The van der Waals surface area contributed by atoms with Crippen LogP contribution >= 0.6 is 0 Å². The van der Waals surface area contributed by atoms with Gasteiger partial charge in [-0.15, -0.1) is 5.10 Å². The minimum absolute atomic E-state index is 0.918. The van der Waals surface area contributed by atoms with Crippen molar-refractivity contribution in [3.8, 4) is 0 Å². The quantitative estimate of drug-likeness (QED) is 0.743. The molecule has 0 aliphatic heterocycles. The van der Waals surface area contributed by atoms with Gasteiger partial charge in [-0.3, -0.25) is 4.68 Å². The lowest BCUT2D eigenvalue weighted by Gasteiger charge is -2.04. The first-order valence-electron chi connectivity index (χ1n) is 5.54. The molecule has 0 aliphatic carbocycles. The van der Waals surface area contributed by atoms with Crippen LogP contribution in [0.3, 0.4) is 0 Å². The van der Waals surface area contributed by atoms with E-state index in [2.05, 4.69) is 39.9 Å². The molecule has 2 rings (SSSR count). The van der Waals surface area contributed by atoms with E-state index in [1.165, 1.54) is 5.56 Å². The van der Waals surface area contributed by atoms with E-state index in [9.17, 15) is 0 Å². The fourth-order valence-corrected chi connectivity index (χ4v) is 1.55. The van der Waals surface area contributed by atoms with E-state index in [0.29, 0.717) is 0 Å². The summed E-state index contributed by atoms with van der Waals surface area (Å²) in [6.45, 7) is 2.84. The molecule has 4 heteroatoms. The van der Waals surface area contributed by atoms with Crippen molar-refractivity contribution >= 4 is 0 Å². The average molecular weight is 216 g/mol. The third-order valence-electron chi connectivity index (χ3n) is 2.38. The van der Waals surface area contributed by atoms with E-state index in [4.69, 9.17) is 0 Å². The fourth-order valence-electron chi connectivity index (χ4n) is 1.55. The maximum atomic E-state index is 3.91. The topological polar surface area (TPSA) is 42.7 Å². The summed E-state index contributed by atoms with van der Waals surface area (Å²) in [6, 6.07) is 10.4. The van der Waals surface area contributed by atoms with Crippen molar-refractivity contribution in [1.82, 2.24) is 20.3 Å². The first-order valence-corrected chi connectivity index (χ1v) is 5.54. The summed E-state index contributed by atoms with van der Waals surface area (Å²) in [7, 11) is 0. The van der Waals surface area contributed by atoms with Crippen molar-refractivity contribution in [3.05, 3.63) is 48.3 Å². The zero-order chi connectivity index (χ0) is 11.1. The number of benzene rings is 1. The standard InChI is InChI=1S/C12H16N4/c1-2-5-12(6-3-1)11-13-7-4-9-16-10-8-14-15-16/h1-3,5-6,8,10,13H,4,7,9,11H2. The van der Waals surface area contributed by atoms with Gasteiger partial charge in [0.2, 0.25) is 0 Å². The number of nitrogens with one attached hydrogen (secondary N) is 1. The molecule has 0 spiro atoms. The van der Waals surface area contributed by atoms with Crippen molar-refractivity contribution in [2.75, 3.05) is 6.54 Å². The molecule has 0 atom stereocenters. The van der Waals surface area contributed by atoms with Crippen molar-refractivity contribution in [2.24, 2.45) is 0 Å². The highest BCUT2D eigenvalue weighted by molar-refractivity contribution is 5.14. The highest BCUT2D eigenvalue weighted by Crippen LogP contribution is 1.97. The lowest BCUT2D eigenvalue weighted by atomic mass is 10.2. The van der Waals surface area contributed by atoms with Crippen LogP contribution in [0.4, 0.5) is 0 Å². The Bertz CT molecular complexity index is 383. The third kappa shape index (κ3) is 3.47.